The Morgan fingerprint density at radius 3 is 1.94 bits per heavy atom. The molecule has 1 aliphatic rings. The van der Waals surface area contributed by atoms with Crippen molar-refractivity contribution in [2.45, 2.75) is 38.0 Å². The van der Waals surface area contributed by atoms with E-state index in [9.17, 15) is 22.0 Å². The van der Waals surface area contributed by atoms with E-state index in [1.165, 1.54) is 24.3 Å². The van der Waals surface area contributed by atoms with Gasteiger partial charge in [0.2, 0.25) is 0 Å². The molecule has 0 bridgehead atoms. The van der Waals surface area contributed by atoms with E-state index >= 15 is 0 Å². The van der Waals surface area contributed by atoms with Crippen LogP contribution in [-0.2, 0) is 6.42 Å². The minimum atomic E-state index is -3.05. The van der Waals surface area contributed by atoms with Gasteiger partial charge in [-0.15, -0.1) is 6.58 Å². The minimum absolute atomic E-state index is 0.0791. The number of halogens is 5. The second-order valence-electron chi connectivity index (χ2n) is 9.10. The molecule has 0 aromatic heterocycles. The van der Waals surface area contributed by atoms with Crippen LogP contribution in [0.5, 0.6) is 0 Å². The van der Waals surface area contributed by atoms with Gasteiger partial charge in [-0.3, -0.25) is 0 Å². The van der Waals surface area contributed by atoms with Gasteiger partial charge in [0.25, 0.3) is 5.92 Å². The van der Waals surface area contributed by atoms with Crippen LogP contribution >= 0.6 is 0 Å². The molecule has 1 fully saturated rings. The Balaban J connectivity index is 1.53. The highest BCUT2D eigenvalue weighted by molar-refractivity contribution is 5.71. The van der Waals surface area contributed by atoms with E-state index in [0.717, 1.165) is 12.1 Å². The molecular weight excluding hydrogens is 457 g/mol. The minimum Gasteiger partial charge on any atom is -0.206 e. The van der Waals surface area contributed by atoms with Crippen LogP contribution in [0.4, 0.5) is 22.0 Å². The molecule has 0 unspecified atom stereocenters. The van der Waals surface area contributed by atoms with E-state index in [1.54, 1.807) is 30.3 Å². The molecule has 0 N–H and O–H groups in total. The Bertz CT molecular complexity index is 1240. The summed E-state index contributed by atoms with van der Waals surface area (Å²) in [6.07, 6.45) is 3.11. The van der Waals surface area contributed by atoms with Crippen molar-refractivity contribution in [2.24, 2.45) is 11.8 Å². The monoisotopic (exact) mass is 481 g/mol. The van der Waals surface area contributed by atoms with Gasteiger partial charge < -0.3 is 0 Å². The lowest BCUT2D eigenvalue weighted by Crippen LogP contribution is -2.33. The smallest absolute Gasteiger partial charge is 0.206 e. The van der Waals surface area contributed by atoms with Crippen molar-refractivity contribution in [1.82, 2.24) is 0 Å². The lowest BCUT2D eigenvalue weighted by atomic mass is 9.77. The summed E-state index contributed by atoms with van der Waals surface area (Å²) >= 11 is 0. The lowest BCUT2D eigenvalue weighted by molar-refractivity contribution is -0.0726. The third kappa shape index (κ3) is 5.30. The first-order chi connectivity index (χ1) is 16.7. The van der Waals surface area contributed by atoms with Gasteiger partial charge in [-0.05, 0) is 78.1 Å². The summed E-state index contributed by atoms with van der Waals surface area (Å²) in [6, 6.07) is 14.0. The van der Waals surface area contributed by atoms with Crippen molar-refractivity contribution in [3.8, 4) is 28.3 Å². The normalized spacial score (nSPS) is 18.2. The van der Waals surface area contributed by atoms with Gasteiger partial charge in [0.05, 0.1) is 11.1 Å². The molecule has 0 radical (unpaired) electrons. The quantitative estimate of drug-likeness (QED) is 0.256. The summed E-state index contributed by atoms with van der Waals surface area (Å²) in [5, 5.41) is 8.86. The van der Waals surface area contributed by atoms with Crippen LogP contribution in [-0.4, -0.2) is 5.92 Å². The van der Waals surface area contributed by atoms with Crippen LogP contribution in [0.25, 0.3) is 22.3 Å². The standard InChI is InChI=1S/C29H24F5N/c1-2-18-3-11-24(12-4-18)29(33,34)16-19-13-26(31)28(27(32)14-19)21-7-5-20(6-8-21)22-9-10-23(17-35)25(30)15-22/h2,5-10,13-15,18,24H,1,3-4,11-12,16H2. The van der Waals surface area contributed by atoms with Gasteiger partial charge in [0.15, 0.2) is 0 Å². The molecule has 6 heteroatoms. The second-order valence-corrected chi connectivity index (χ2v) is 9.10. The fraction of sp³-hybridized carbons (Fsp3) is 0.276. The van der Waals surface area contributed by atoms with Gasteiger partial charge >= 0.3 is 0 Å². The van der Waals surface area contributed by atoms with E-state index in [1.807, 2.05) is 0 Å². The molecule has 0 aliphatic heterocycles. The Hall–Kier alpha value is -3.46. The number of hydrogen-bond donors (Lipinski definition) is 0. The first-order valence-corrected chi connectivity index (χ1v) is 11.5. The lowest BCUT2D eigenvalue weighted by Gasteiger charge is -2.32. The maximum atomic E-state index is 14.9. The number of nitrogens with zero attached hydrogens (tertiary/aromatic N) is 1. The van der Waals surface area contributed by atoms with Crippen LogP contribution in [0.1, 0.15) is 36.8 Å². The van der Waals surface area contributed by atoms with Crippen molar-refractivity contribution in [3.63, 3.8) is 0 Å². The molecule has 1 saturated carbocycles. The summed E-state index contributed by atoms with van der Waals surface area (Å²) in [5.41, 5.74) is 0.878. The van der Waals surface area contributed by atoms with Gasteiger partial charge in [-0.25, -0.2) is 22.0 Å². The number of alkyl halides is 2. The maximum absolute atomic E-state index is 14.9. The summed E-state index contributed by atoms with van der Waals surface area (Å²) in [4.78, 5) is 0. The number of allylic oxidation sites excluding steroid dienone is 1. The maximum Gasteiger partial charge on any atom is 0.254 e. The topological polar surface area (TPSA) is 23.8 Å². The number of nitriles is 1. The first kappa shape index (κ1) is 24.7. The first-order valence-electron chi connectivity index (χ1n) is 11.5. The van der Waals surface area contributed by atoms with Crippen molar-refractivity contribution < 1.29 is 22.0 Å². The average molecular weight is 482 g/mol. The zero-order valence-electron chi connectivity index (χ0n) is 19.0. The molecule has 0 spiro atoms. The summed E-state index contributed by atoms with van der Waals surface area (Å²) in [5.74, 6) is -6.11. The van der Waals surface area contributed by atoms with Crippen molar-refractivity contribution >= 4 is 0 Å². The van der Waals surface area contributed by atoms with Crippen molar-refractivity contribution in [1.29, 1.82) is 5.26 Å². The van der Waals surface area contributed by atoms with E-state index in [0.29, 0.717) is 36.8 Å². The molecular formula is C29H24F5N. The van der Waals surface area contributed by atoms with Crippen LogP contribution in [0.3, 0.4) is 0 Å². The Morgan fingerprint density at radius 2 is 1.40 bits per heavy atom. The molecule has 4 rings (SSSR count). The summed E-state index contributed by atoms with van der Waals surface area (Å²) in [7, 11) is 0. The summed E-state index contributed by atoms with van der Waals surface area (Å²) in [6.45, 7) is 3.73. The Morgan fingerprint density at radius 1 is 0.829 bits per heavy atom. The van der Waals surface area contributed by atoms with Gasteiger partial charge in [0, 0.05) is 12.3 Å². The van der Waals surface area contributed by atoms with E-state index < -0.39 is 35.7 Å². The van der Waals surface area contributed by atoms with Crippen LogP contribution in [0, 0.1) is 40.6 Å². The largest absolute Gasteiger partial charge is 0.254 e. The molecule has 3 aromatic rings. The van der Waals surface area contributed by atoms with Gasteiger partial charge in [0.1, 0.15) is 23.5 Å². The van der Waals surface area contributed by atoms with Crippen molar-refractivity contribution in [2.75, 3.05) is 0 Å². The second kappa shape index (κ2) is 10.0. The fourth-order valence-corrected chi connectivity index (χ4v) is 4.81. The third-order valence-electron chi connectivity index (χ3n) is 6.84. The molecule has 0 amide bonds. The number of rotatable bonds is 6. The molecule has 0 heterocycles. The van der Waals surface area contributed by atoms with Gasteiger partial charge in [-0.2, -0.15) is 5.26 Å². The SMILES string of the molecule is C=CC1CCC(C(F)(F)Cc2cc(F)c(-c3ccc(-c4ccc(C#N)c(F)c4)cc3)c(F)c2)CC1. The molecule has 35 heavy (non-hydrogen) atoms. The molecule has 0 saturated heterocycles. The van der Waals surface area contributed by atoms with E-state index in [2.05, 4.69) is 6.58 Å². The fourth-order valence-electron chi connectivity index (χ4n) is 4.81. The third-order valence-corrected chi connectivity index (χ3v) is 6.84. The average Bonchev–Trinajstić information content (AvgIpc) is 2.84. The van der Waals surface area contributed by atoms with Gasteiger partial charge in [-0.1, -0.05) is 36.4 Å². The predicted octanol–water partition coefficient (Wildman–Crippen LogP) is 8.48. The molecule has 3 aromatic carbocycles. The summed E-state index contributed by atoms with van der Waals surface area (Å²) < 4.78 is 73.5. The zero-order chi connectivity index (χ0) is 25.2. The van der Waals surface area contributed by atoms with E-state index in [4.69, 9.17) is 5.26 Å². The van der Waals surface area contributed by atoms with Crippen molar-refractivity contribution in [3.05, 3.63) is 95.8 Å². The highest BCUT2D eigenvalue weighted by Crippen LogP contribution is 2.41. The molecule has 180 valence electrons. The van der Waals surface area contributed by atoms with Crippen LogP contribution < -0.4 is 0 Å². The zero-order valence-corrected chi connectivity index (χ0v) is 19.0. The number of hydrogen-bond acceptors (Lipinski definition) is 1. The van der Waals surface area contributed by atoms with Crippen LogP contribution in [0.2, 0.25) is 0 Å². The Labute approximate surface area is 201 Å². The highest BCUT2D eigenvalue weighted by Gasteiger charge is 2.41. The van der Waals surface area contributed by atoms with Crippen LogP contribution in [0.15, 0.2) is 67.3 Å². The molecule has 1 aliphatic carbocycles. The highest BCUT2D eigenvalue weighted by atomic mass is 19.3. The van der Waals surface area contributed by atoms with E-state index in [-0.39, 0.29) is 28.2 Å². The molecule has 0 atom stereocenters. The predicted molar refractivity (Wildman–Crippen MR) is 126 cm³/mol. The Kier molecular flexibility index (Phi) is 7.07. The molecule has 1 nitrogen and oxygen atoms in total. The number of benzene rings is 3.